The van der Waals surface area contributed by atoms with Gasteiger partial charge in [-0.3, -0.25) is 4.79 Å². The van der Waals surface area contributed by atoms with Gasteiger partial charge in [-0.1, -0.05) is 18.2 Å². The maximum Gasteiger partial charge on any atom is 0.328 e. The van der Waals surface area contributed by atoms with Crippen LogP contribution in [0.1, 0.15) is 15.9 Å². The number of hydrogen-bond acceptors (Lipinski definition) is 4. The molecule has 0 aliphatic carbocycles. The second kappa shape index (κ2) is 5.97. The van der Waals surface area contributed by atoms with Gasteiger partial charge < -0.3 is 21.3 Å². The highest BCUT2D eigenvalue weighted by molar-refractivity contribution is 5.97. The number of nitrogens with two attached hydrogens (primary N) is 1. The Hall–Kier alpha value is -1.92. The van der Waals surface area contributed by atoms with Gasteiger partial charge in [-0.2, -0.15) is 0 Å². The number of rotatable bonds is 5. The van der Waals surface area contributed by atoms with E-state index in [4.69, 9.17) is 15.9 Å². The van der Waals surface area contributed by atoms with E-state index in [-0.39, 0.29) is 6.54 Å². The Morgan fingerprint density at radius 2 is 2.00 bits per heavy atom. The Bertz CT molecular complexity index is 420. The largest absolute Gasteiger partial charge is 0.480 e. The van der Waals surface area contributed by atoms with Crippen LogP contribution in [-0.2, 0) is 11.3 Å². The Morgan fingerprint density at radius 3 is 2.53 bits per heavy atom. The summed E-state index contributed by atoms with van der Waals surface area (Å²) in [6.07, 6.45) is 0. The van der Waals surface area contributed by atoms with Crippen LogP contribution >= 0.6 is 0 Å². The second-order valence-corrected chi connectivity index (χ2v) is 3.41. The van der Waals surface area contributed by atoms with E-state index in [0.29, 0.717) is 11.1 Å². The minimum atomic E-state index is -1.31. The number of carbonyl (C=O) groups excluding carboxylic acids is 1. The van der Waals surface area contributed by atoms with Crippen LogP contribution in [0.3, 0.4) is 0 Å². The van der Waals surface area contributed by atoms with Gasteiger partial charge in [0.05, 0.1) is 6.61 Å². The summed E-state index contributed by atoms with van der Waals surface area (Å²) in [5, 5.41) is 19.7. The first-order chi connectivity index (χ1) is 8.10. The molecule has 0 aromatic heterocycles. The Morgan fingerprint density at radius 1 is 1.35 bits per heavy atom. The number of aliphatic carboxylic acids is 1. The number of hydrogen-bond donors (Lipinski definition) is 4. The van der Waals surface area contributed by atoms with Crippen LogP contribution in [0.25, 0.3) is 0 Å². The van der Waals surface area contributed by atoms with Gasteiger partial charge in [0, 0.05) is 12.1 Å². The van der Waals surface area contributed by atoms with Crippen molar-refractivity contribution in [3.05, 3.63) is 35.4 Å². The van der Waals surface area contributed by atoms with E-state index in [0.717, 1.165) is 0 Å². The lowest BCUT2D eigenvalue weighted by Gasteiger charge is -2.13. The molecule has 0 spiro atoms. The van der Waals surface area contributed by atoms with Crippen LogP contribution in [0.2, 0.25) is 0 Å². The molecular weight excluding hydrogens is 224 g/mol. The molecule has 1 amide bonds. The Kier molecular flexibility index (Phi) is 4.62. The number of amides is 1. The van der Waals surface area contributed by atoms with Crippen molar-refractivity contribution in [3.8, 4) is 0 Å². The SMILES string of the molecule is NCc1ccccc1C(=O)NC(CO)C(=O)O. The zero-order valence-electron chi connectivity index (χ0n) is 9.09. The van der Waals surface area contributed by atoms with E-state index in [1.807, 2.05) is 0 Å². The fraction of sp³-hybridized carbons (Fsp3) is 0.273. The molecule has 1 atom stereocenters. The maximum absolute atomic E-state index is 11.8. The summed E-state index contributed by atoms with van der Waals surface area (Å²) in [6.45, 7) is -0.480. The molecule has 0 radical (unpaired) electrons. The second-order valence-electron chi connectivity index (χ2n) is 3.41. The lowest BCUT2D eigenvalue weighted by Crippen LogP contribution is -2.43. The van der Waals surface area contributed by atoms with Crippen molar-refractivity contribution < 1.29 is 19.8 Å². The standard InChI is InChI=1S/C11H14N2O4/c12-5-7-3-1-2-4-8(7)10(15)13-9(6-14)11(16)17/h1-4,9,14H,5-6,12H2,(H,13,15)(H,16,17). The first-order valence-corrected chi connectivity index (χ1v) is 5.02. The topological polar surface area (TPSA) is 113 Å². The molecular formula is C11H14N2O4. The first-order valence-electron chi connectivity index (χ1n) is 5.02. The van der Waals surface area contributed by atoms with Crippen LogP contribution in [0.15, 0.2) is 24.3 Å². The molecule has 1 aromatic rings. The van der Waals surface area contributed by atoms with E-state index in [9.17, 15) is 9.59 Å². The van der Waals surface area contributed by atoms with Crippen molar-refractivity contribution in [3.63, 3.8) is 0 Å². The van der Waals surface area contributed by atoms with E-state index in [1.165, 1.54) is 0 Å². The molecule has 0 aliphatic heterocycles. The van der Waals surface area contributed by atoms with Crippen molar-refractivity contribution in [1.82, 2.24) is 5.32 Å². The van der Waals surface area contributed by atoms with Crippen molar-refractivity contribution in [2.75, 3.05) is 6.61 Å². The third kappa shape index (κ3) is 3.27. The number of aliphatic hydroxyl groups is 1. The number of aliphatic hydroxyl groups excluding tert-OH is 1. The van der Waals surface area contributed by atoms with E-state index >= 15 is 0 Å². The summed E-state index contributed by atoms with van der Waals surface area (Å²) < 4.78 is 0. The average Bonchev–Trinajstić information content (AvgIpc) is 2.35. The van der Waals surface area contributed by atoms with Gasteiger partial charge in [-0.05, 0) is 11.6 Å². The Balaban J connectivity index is 2.86. The summed E-state index contributed by atoms with van der Waals surface area (Å²) in [7, 11) is 0. The van der Waals surface area contributed by atoms with Crippen molar-refractivity contribution in [1.29, 1.82) is 0 Å². The Labute approximate surface area is 98.1 Å². The van der Waals surface area contributed by atoms with Crippen molar-refractivity contribution in [2.24, 2.45) is 5.73 Å². The summed E-state index contributed by atoms with van der Waals surface area (Å²) in [5.74, 6) is -1.85. The molecule has 6 heteroatoms. The minimum Gasteiger partial charge on any atom is -0.480 e. The van der Waals surface area contributed by atoms with Crippen LogP contribution < -0.4 is 11.1 Å². The summed E-state index contributed by atoms with van der Waals surface area (Å²) in [6, 6.07) is 5.31. The number of carbonyl (C=O) groups is 2. The lowest BCUT2D eigenvalue weighted by atomic mass is 10.1. The van der Waals surface area contributed by atoms with Crippen LogP contribution in [0.4, 0.5) is 0 Å². The molecule has 5 N–H and O–H groups in total. The predicted octanol–water partition coefficient (Wildman–Crippen LogP) is -0.679. The zero-order valence-corrected chi connectivity index (χ0v) is 9.09. The molecule has 17 heavy (non-hydrogen) atoms. The van der Waals surface area contributed by atoms with Gasteiger partial charge >= 0.3 is 5.97 Å². The van der Waals surface area contributed by atoms with E-state index < -0.39 is 24.5 Å². The first kappa shape index (κ1) is 13.1. The summed E-state index contributed by atoms with van der Waals surface area (Å²) >= 11 is 0. The fourth-order valence-corrected chi connectivity index (χ4v) is 1.34. The summed E-state index contributed by atoms with van der Waals surface area (Å²) in [5.41, 5.74) is 6.40. The van der Waals surface area contributed by atoms with E-state index in [2.05, 4.69) is 5.32 Å². The molecule has 0 saturated heterocycles. The normalized spacial score (nSPS) is 11.9. The number of nitrogens with one attached hydrogen (secondary N) is 1. The van der Waals surface area contributed by atoms with Gasteiger partial charge in [0.2, 0.25) is 0 Å². The molecule has 0 saturated carbocycles. The van der Waals surface area contributed by atoms with Gasteiger partial charge in [0.15, 0.2) is 6.04 Å². The van der Waals surface area contributed by atoms with Crippen LogP contribution in [0, 0.1) is 0 Å². The smallest absolute Gasteiger partial charge is 0.328 e. The molecule has 0 heterocycles. The van der Waals surface area contributed by atoms with Crippen molar-refractivity contribution >= 4 is 11.9 Å². The highest BCUT2D eigenvalue weighted by Crippen LogP contribution is 2.07. The molecule has 6 nitrogen and oxygen atoms in total. The average molecular weight is 238 g/mol. The highest BCUT2D eigenvalue weighted by atomic mass is 16.4. The predicted molar refractivity (Wildman–Crippen MR) is 60.3 cm³/mol. The van der Waals surface area contributed by atoms with Crippen LogP contribution in [-0.4, -0.2) is 34.7 Å². The third-order valence-corrected chi connectivity index (χ3v) is 2.27. The maximum atomic E-state index is 11.8. The molecule has 0 aliphatic rings. The molecule has 0 fully saturated rings. The molecule has 1 aromatic carbocycles. The van der Waals surface area contributed by atoms with E-state index in [1.54, 1.807) is 24.3 Å². The van der Waals surface area contributed by atoms with Gasteiger partial charge in [-0.25, -0.2) is 4.79 Å². The molecule has 1 rings (SSSR count). The summed E-state index contributed by atoms with van der Waals surface area (Å²) in [4.78, 5) is 22.4. The quantitative estimate of drug-likeness (QED) is 0.543. The fourth-order valence-electron chi connectivity index (χ4n) is 1.34. The number of carboxylic acid groups (broad SMARTS) is 1. The molecule has 0 bridgehead atoms. The third-order valence-electron chi connectivity index (χ3n) is 2.27. The zero-order chi connectivity index (χ0) is 12.8. The van der Waals surface area contributed by atoms with Gasteiger partial charge in [0.25, 0.3) is 5.91 Å². The number of carboxylic acids is 1. The number of benzene rings is 1. The highest BCUT2D eigenvalue weighted by Gasteiger charge is 2.20. The monoisotopic (exact) mass is 238 g/mol. The minimum absolute atomic E-state index is 0.181. The van der Waals surface area contributed by atoms with Crippen molar-refractivity contribution in [2.45, 2.75) is 12.6 Å². The molecule has 1 unspecified atom stereocenters. The van der Waals surface area contributed by atoms with Gasteiger partial charge in [0.1, 0.15) is 0 Å². The molecule has 92 valence electrons. The van der Waals surface area contributed by atoms with Gasteiger partial charge in [-0.15, -0.1) is 0 Å². The van der Waals surface area contributed by atoms with Crippen LogP contribution in [0.5, 0.6) is 0 Å². The lowest BCUT2D eigenvalue weighted by molar-refractivity contribution is -0.140.